The smallest absolute Gasteiger partial charge is 0.319 e. The molecule has 0 aliphatic rings. The Morgan fingerprint density at radius 1 is 1.21 bits per heavy atom. The lowest BCUT2D eigenvalue weighted by Crippen LogP contribution is -2.35. The zero-order valence-corrected chi connectivity index (χ0v) is 8.13. The molecule has 0 aliphatic carbocycles. The number of carbonyl (C=O) groups excluding carboxylic acids is 2. The molecule has 0 atom stereocenters. The van der Waals surface area contributed by atoms with Gasteiger partial charge in [-0.1, -0.05) is 18.2 Å². The molecule has 4 heteroatoms. The second-order valence-electron chi connectivity index (χ2n) is 3.09. The van der Waals surface area contributed by atoms with E-state index in [0.29, 0.717) is 5.56 Å². The summed E-state index contributed by atoms with van der Waals surface area (Å²) in [7, 11) is 0. The molecule has 0 aliphatic heterocycles. The molecule has 0 fully saturated rings. The molecule has 0 saturated heterocycles. The van der Waals surface area contributed by atoms with Gasteiger partial charge in [-0.25, -0.2) is 4.79 Å². The van der Waals surface area contributed by atoms with Crippen molar-refractivity contribution in [2.75, 3.05) is 0 Å². The van der Waals surface area contributed by atoms with Crippen LogP contribution in [0.5, 0.6) is 0 Å². The molecule has 0 heterocycles. The molecule has 4 nitrogen and oxygen atoms in total. The molecule has 0 spiro atoms. The third kappa shape index (κ3) is 2.10. The van der Waals surface area contributed by atoms with Crippen LogP contribution in [-0.2, 0) is 0 Å². The number of rotatable bonds is 1. The van der Waals surface area contributed by atoms with Crippen LogP contribution in [0, 0.1) is 13.8 Å². The summed E-state index contributed by atoms with van der Waals surface area (Å²) in [6.45, 7) is 3.62. The molecule has 1 aromatic carbocycles. The number of aryl methyl sites for hydroxylation is 2. The van der Waals surface area contributed by atoms with Gasteiger partial charge in [-0.15, -0.1) is 0 Å². The second-order valence-corrected chi connectivity index (χ2v) is 3.09. The molecule has 74 valence electrons. The number of imide groups is 1. The largest absolute Gasteiger partial charge is 0.351 e. The van der Waals surface area contributed by atoms with Crippen molar-refractivity contribution in [3.63, 3.8) is 0 Å². The molecule has 3 amide bonds. The lowest BCUT2D eigenvalue weighted by Gasteiger charge is -2.07. The number of benzene rings is 1. The van der Waals surface area contributed by atoms with E-state index in [1.165, 1.54) is 0 Å². The minimum absolute atomic E-state index is 0.451. The summed E-state index contributed by atoms with van der Waals surface area (Å²) in [6, 6.07) is 4.63. The molecule has 1 aromatic rings. The summed E-state index contributed by atoms with van der Waals surface area (Å²) in [5.41, 5.74) is 7.01. The van der Waals surface area contributed by atoms with Gasteiger partial charge in [0.05, 0.1) is 0 Å². The number of nitrogens with one attached hydrogen (secondary N) is 1. The molecule has 0 saturated carbocycles. The zero-order chi connectivity index (χ0) is 10.7. The SMILES string of the molecule is Cc1cccc(C)c1C(=O)NC(N)=O. The molecular formula is C10H12N2O2. The van der Waals surface area contributed by atoms with Crippen LogP contribution >= 0.6 is 0 Å². The number of hydrogen-bond acceptors (Lipinski definition) is 2. The Balaban J connectivity index is 3.06. The maximum Gasteiger partial charge on any atom is 0.319 e. The summed E-state index contributed by atoms with van der Waals surface area (Å²) in [6.07, 6.45) is 0. The second kappa shape index (κ2) is 3.91. The number of hydrogen-bond donors (Lipinski definition) is 2. The zero-order valence-electron chi connectivity index (χ0n) is 8.13. The normalized spacial score (nSPS) is 9.57. The van der Waals surface area contributed by atoms with Crippen molar-refractivity contribution in [3.05, 3.63) is 34.9 Å². The van der Waals surface area contributed by atoms with Gasteiger partial charge in [-0.3, -0.25) is 10.1 Å². The Kier molecular flexibility index (Phi) is 2.86. The number of carbonyl (C=O) groups is 2. The van der Waals surface area contributed by atoms with Crippen molar-refractivity contribution in [3.8, 4) is 0 Å². The molecule has 0 radical (unpaired) electrons. The number of primary amides is 1. The highest BCUT2D eigenvalue weighted by atomic mass is 16.2. The van der Waals surface area contributed by atoms with E-state index in [4.69, 9.17) is 5.73 Å². The van der Waals surface area contributed by atoms with Crippen LogP contribution in [0.1, 0.15) is 21.5 Å². The molecular weight excluding hydrogens is 180 g/mol. The van der Waals surface area contributed by atoms with E-state index in [-0.39, 0.29) is 0 Å². The molecule has 0 aromatic heterocycles. The molecule has 0 unspecified atom stereocenters. The van der Waals surface area contributed by atoms with Gasteiger partial charge < -0.3 is 5.73 Å². The van der Waals surface area contributed by atoms with Crippen LogP contribution in [-0.4, -0.2) is 11.9 Å². The Hall–Kier alpha value is -1.84. The highest BCUT2D eigenvalue weighted by molar-refractivity contribution is 6.05. The van der Waals surface area contributed by atoms with Gasteiger partial charge in [-0.2, -0.15) is 0 Å². The van der Waals surface area contributed by atoms with Crippen molar-refractivity contribution >= 4 is 11.9 Å². The maximum atomic E-state index is 11.5. The summed E-state index contributed by atoms with van der Waals surface area (Å²) in [4.78, 5) is 22.0. The van der Waals surface area contributed by atoms with E-state index in [2.05, 4.69) is 0 Å². The van der Waals surface area contributed by atoms with Gasteiger partial charge in [0.2, 0.25) is 0 Å². The van der Waals surface area contributed by atoms with E-state index >= 15 is 0 Å². The van der Waals surface area contributed by atoms with Crippen LogP contribution in [0.4, 0.5) is 4.79 Å². The van der Waals surface area contributed by atoms with Crippen molar-refractivity contribution in [2.45, 2.75) is 13.8 Å². The first-order chi connectivity index (χ1) is 6.52. The Morgan fingerprint density at radius 2 is 1.71 bits per heavy atom. The van der Waals surface area contributed by atoms with E-state index in [0.717, 1.165) is 11.1 Å². The standard InChI is InChI=1S/C10H12N2O2/c1-6-4-3-5-7(2)8(6)9(13)12-10(11)14/h3-5H,1-2H3,(H3,11,12,13,14). The molecule has 0 bridgehead atoms. The maximum absolute atomic E-state index is 11.5. The third-order valence-corrected chi connectivity index (χ3v) is 1.94. The van der Waals surface area contributed by atoms with Crippen LogP contribution in [0.3, 0.4) is 0 Å². The summed E-state index contributed by atoms with van der Waals surface area (Å²) in [5, 5.41) is 2.04. The Labute approximate surface area is 82.1 Å². The van der Waals surface area contributed by atoms with Gasteiger partial charge in [0.1, 0.15) is 0 Å². The molecule has 1 rings (SSSR count). The first-order valence-electron chi connectivity index (χ1n) is 4.19. The van der Waals surface area contributed by atoms with Crippen molar-refractivity contribution in [2.24, 2.45) is 5.73 Å². The number of amides is 3. The fourth-order valence-electron chi connectivity index (χ4n) is 1.35. The fraction of sp³-hybridized carbons (Fsp3) is 0.200. The topological polar surface area (TPSA) is 72.2 Å². The Bertz CT molecular complexity index is 365. The predicted octanol–water partition coefficient (Wildman–Crippen LogP) is 1.11. The van der Waals surface area contributed by atoms with Gasteiger partial charge in [0.25, 0.3) is 5.91 Å². The van der Waals surface area contributed by atoms with E-state index < -0.39 is 11.9 Å². The average molecular weight is 192 g/mol. The lowest BCUT2D eigenvalue weighted by molar-refractivity contribution is 0.0965. The van der Waals surface area contributed by atoms with Gasteiger partial charge in [0.15, 0.2) is 0 Å². The summed E-state index contributed by atoms with van der Waals surface area (Å²) >= 11 is 0. The third-order valence-electron chi connectivity index (χ3n) is 1.94. The van der Waals surface area contributed by atoms with Crippen LogP contribution < -0.4 is 11.1 Å². The number of urea groups is 1. The number of nitrogens with two attached hydrogens (primary N) is 1. The minimum Gasteiger partial charge on any atom is -0.351 e. The Morgan fingerprint density at radius 3 is 2.14 bits per heavy atom. The highest BCUT2D eigenvalue weighted by Crippen LogP contribution is 2.12. The van der Waals surface area contributed by atoms with Crippen molar-refractivity contribution in [1.82, 2.24) is 5.32 Å². The first kappa shape index (κ1) is 10.2. The minimum atomic E-state index is -0.836. The van der Waals surface area contributed by atoms with Gasteiger partial charge in [-0.05, 0) is 25.0 Å². The molecule has 3 N–H and O–H groups in total. The first-order valence-corrected chi connectivity index (χ1v) is 4.19. The van der Waals surface area contributed by atoms with Crippen LogP contribution in [0.25, 0.3) is 0 Å². The van der Waals surface area contributed by atoms with Crippen LogP contribution in [0.15, 0.2) is 18.2 Å². The van der Waals surface area contributed by atoms with E-state index in [1.807, 2.05) is 37.4 Å². The van der Waals surface area contributed by atoms with Crippen molar-refractivity contribution < 1.29 is 9.59 Å². The fourth-order valence-corrected chi connectivity index (χ4v) is 1.35. The lowest BCUT2D eigenvalue weighted by atomic mass is 10.0. The van der Waals surface area contributed by atoms with Crippen molar-refractivity contribution in [1.29, 1.82) is 0 Å². The van der Waals surface area contributed by atoms with Gasteiger partial charge >= 0.3 is 6.03 Å². The summed E-state index contributed by atoms with van der Waals surface area (Å²) < 4.78 is 0. The monoisotopic (exact) mass is 192 g/mol. The predicted molar refractivity (Wildman–Crippen MR) is 53.0 cm³/mol. The average Bonchev–Trinajstić information content (AvgIpc) is 2.01. The molecule has 14 heavy (non-hydrogen) atoms. The van der Waals surface area contributed by atoms with Gasteiger partial charge in [0, 0.05) is 5.56 Å². The van der Waals surface area contributed by atoms with E-state index in [9.17, 15) is 9.59 Å². The summed E-state index contributed by atoms with van der Waals surface area (Å²) in [5.74, 6) is -0.451. The van der Waals surface area contributed by atoms with E-state index in [1.54, 1.807) is 0 Å². The quantitative estimate of drug-likeness (QED) is 0.699. The van der Waals surface area contributed by atoms with Crippen LogP contribution in [0.2, 0.25) is 0 Å². The highest BCUT2D eigenvalue weighted by Gasteiger charge is 2.12.